The van der Waals surface area contributed by atoms with Crippen LogP contribution in [0.15, 0.2) is 65.7 Å². The molecule has 2 fully saturated rings. The van der Waals surface area contributed by atoms with Crippen LogP contribution in [0.3, 0.4) is 0 Å². The van der Waals surface area contributed by atoms with E-state index < -0.39 is 15.9 Å². The molecule has 3 aromatic rings. The first-order chi connectivity index (χ1) is 15.8. The first-order valence-corrected chi connectivity index (χ1v) is 13.5. The van der Waals surface area contributed by atoms with E-state index in [2.05, 4.69) is 0 Å². The summed E-state index contributed by atoms with van der Waals surface area (Å²) in [5, 5.41) is 4.81. The summed E-state index contributed by atoms with van der Waals surface area (Å²) >= 11 is 6.67. The molecule has 5 rings (SSSR count). The van der Waals surface area contributed by atoms with Gasteiger partial charge in [0.25, 0.3) is 5.91 Å². The number of benzene rings is 2. The molecule has 0 N–H and O–H groups in total. The van der Waals surface area contributed by atoms with Gasteiger partial charge in [0.2, 0.25) is 0 Å². The first kappa shape index (κ1) is 22.1. The number of thioether (sulfide) groups is 1. The van der Waals surface area contributed by atoms with Crippen molar-refractivity contribution in [2.45, 2.75) is 19.4 Å². The van der Waals surface area contributed by atoms with Crippen LogP contribution in [0.25, 0.3) is 23.0 Å². The van der Waals surface area contributed by atoms with Gasteiger partial charge in [-0.1, -0.05) is 72.0 Å². The van der Waals surface area contributed by atoms with Gasteiger partial charge in [0.15, 0.2) is 9.84 Å². The highest BCUT2D eigenvalue weighted by molar-refractivity contribution is 8.26. The lowest BCUT2D eigenvalue weighted by Crippen LogP contribution is -2.39. The largest absolute Gasteiger partial charge is 0.289 e. The zero-order chi connectivity index (χ0) is 23.2. The normalized spacial score (nSPS) is 21.3. The van der Waals surface area contributed by atoms with E-state index >= 15 is 0 Å². The van der Waals surface area contributed by atoms with E-state index in [4.69, 9.17) is 17.3 Å². The predicted molar refractivity (Wildman–Crippen MR) is 136 cm³/mol. The Hall–Kier alpha value is -2.75. The zero-order valence-corrected chi connectivity index (χ0v) is 20.3. The van der Waals surface area contributed by atoms with Crippen molar-refractivity contribution in [3.05, 3.63) is 76.8 Å². The summed E-state index contributed by atoms with van der Waals surface area (Å²) in [6, 6.07) is 17.5. The molecule has 6 nitrogen and oxygen atoms in total. The number of thiocarbonyl (C=S) groups is 1. The molecule has 168 valence electrons. The predicted octanol–water partition coefficient (Wildman–Crippen LogP) is 4.24. The summed E-state index contributed by atoms with van der Waals surface area (Å²) in [6.07, 6.45) is 4.13. The molecular formula is C24H21N3O3S3. The molecule has 2 saturated heterocycles. The summed E-state index contributed by atoms with van der Waals surface area (Å²) in [5.74, 6) is -0.183. The van der Waals surface area contributed by atoms with Crippen LogP contribution in [-0.4, -0.2) is 50.9 Å². The first-order valence-electron chi connectivity index (χ1n) is 10.5. The quantitative estimate of drug-likeness (QED) is 0.398. The van der Waals surface area contributed by atoms with Crippen LogP contribution in [0.4, 0.5) is 0 Å². The van der Waals surface area contributed by atoms with E-state index in [1.165, 1.54) is 16.7 Å². The molecule has 2 aromatic carbocycles. The van der Waals surface area contributed by atoms with E-state index in [-0.39, 0.29) is 17.4 Å². The second kappa shape index (κ2) is 8.55. The Kier molecular flexibility index (Phi) is 5.72. The molecule has 0 radical (unpaired) electrons. The maximum Gasteiger partial charge on any atom is 0.266 e. The Labute approximate surface area is 202 Å². The van der Waals surface area contributed by atoms with Crippen molar-refractivity contribution in [3.63, 3.8) is 0 Å². The maximum absolute atomic E-state index is 13.2. The Balaban J connectivity index is 1.54. The molecule has 2 aliphatic rings. The van der Waals surface area contributed by atoms with Crippen molar-refractivity contribution in [2.75, 3.05) is 11.5 Å². The van der Waals surface area contributed by atoms with Crippen LogP contribution < -0.4 is 0 Å². The third-order valence-electron chi connectivity index (χ3n) is 5.77. The fourth-order valence-electron chi connectivity index (χ4n) is 4.06. The lowest BCUT2D eigenvalue weighted by atomic mass is 10.1. The van der Waals surface area contributed by atoms with Gasteiger partial charge in [-0.2, -0.15) is 5.10 Å². The van der Waals surface area contributed by atoms with Crippen LogP contribution in [0.5, 0.6) is 0 Å². The summed E-state index contributed by atoms with van der Waals surface area (Å²) in [7, 11) is -3.13. The van der Waals surface area contributed by atoms with E-state index in [0.717, 1.165) is 28.1 Å². The van der Waals surface area contributed by atoms with Crippen molar-refractivity contribution in [3.8, 4) is 16.9 Å². The maximum atomic E-state index is 13.2. The van der Waals surface area contributed by atoms with Crippen LogP contribution in [0.2, 0.25) is 0 Å². The van der Waals surface area contributed by atoms with E-state index in [9.17, 15) is 13.2 Å². The number of nitrogens with zero attached hydrogens (tertiary/aromatic N) is 3. The fourth-order valence-corrected chi connectivity index (χ4v) is 7.15. The number of hydrogen-bond acceptors (Lipinski definition) is 6. The highest BCUT2D eigenvalue weighted by Gasteiger charge is 2.42. The summed E-state index contributed by atoms with van der Waals surface area (Å²) in [4.78, 5) is 15.2. The second-order valence-electron chi connectivity index (χ2n) is 8.19. The lowest BCUT2D eigenvalue weighted by molar-refractivity contribution is -0.123. The van der Waals surface area contributed by atoms with Crippen molar-refractivity contribution in [1.82, 2.24) is 14.7 Å². The van der Waals surface area contributed by atoms with Gasteiger partial charge >= 0.3 is 0 Å². The molecule has 0 spiro atoms. The van der Waals surface area contributed by atoms with Crippen molar-refractivity contribution in [1.29, 1.82) is 0 Å². The minimum atomic E-state index is -3.13. The average molecular weight is 496 g/mol. The molecule has 33 heavy (non-hydrogen) atoms. The average Bonchev–Trinajstić information content (AvgIpc) is 3.45. The molecule has 1 amide bonds. The molecule has 1 atom stereocenters. The number of aryl methyl sites for hydroxylation is 1. The van der Waals surface area contributed by atoms with E-state index in [0.29, 0.717) is 15.6 Å². The van der Waals surface area contributed by atoms with Gasteiger partial charge in [-0.15, -0.1) is 0 Å². The van der Waals surface area contributed by atoms with Gasteiger partial charge < -0.3 is 0 Å². The van der Waals surface area contributed by atoms with Crippen LogP contribution in [0, 0.1) is 6.92 Å². The van der Waals surface area contributed by atoms with E-state index in [1.807, 2.05) is 73.8 Å². The third-order valence-corrected chi connectivity index (χ3v) is 8.85. The van der Waals surface area contributed by atoms with Gasteiger partial charge in [0, 0.05) is 17.3 Å². The number of carbonyl (C=O) groups excluding carboxylic acids is 1. The van der Waals surface area contributed by atoms with Gasteiger partial charge in [0.05, 0.1) is 33.8 Å². The molecule has 0 aliphatic carbocycles. The van der Waals surface area contributed by atoms with Crippen molar-refractivity contribution < 1.29 is 13.2 Å². The minimum Gasteiger partial charge on any atom is -0.289 e. The summed E-state index contributed by atoms with van der Waals surface area (Å²) < 4.78 is 26.1. The van der Waals surface area contributed by atoms with Crippen LogP contribution >= 0.6 is 24.0 Å². The molecule has 0 bridgehead atoms. The lowest BCUT2D eigenvalue weighted by Gasteiger charge is -2.20. The van der Waals surface area contributed by atoms with Gasteiger partial charge in [-0.3, -0.25) is 9.69 Å². The number of sulfone groups is 1. The zero-order valence-electron chi connectivity index (χ0n) is 17.8. The summed E-state index contributed by atoms with van der Waals surface area (Å²) in [5.41, 5.74) is 4.55. The van der Waals surface area contributed by atoms with E-state index in [1.54, 1.807) is 4.68 Å². The van der Waals surface area contributed by atoms with Crippen molar-refractivity contribution in [2.24, 2.45) is 0 Å². The Morgan fingerprint density at radius 1 is 1.12 bits per heavy atom. The smallest absolute Gasteiger partial charge is 0.266 e. The molecule has 2 aliphatic heterocycles. The second-order valence-corrected chi connectivity index (χ2v) is 12.1. The van der Waals surface area contributed by atoms with Gasteiger partial charge in [-0.25, -0.2) is 13.1 Å². The Morgan fingerprint density at radius 2 is 1.85 bits per heavy atom. The van der Waals surface area contributed by atoms with Gasteiger partial charge in [-0.05, 0) is 31.6 Å². The monoisotopic (exact) mass is 495 g/mol. The molecule has 0 saturated carbocycles. The number of rotatable bonds is 4. The topological polar surface area (TPSA) is 72.3 Å². The molecular weight excluding hydrogens is 474 g/mol. The van der Waals surface area contributed by atoms with Crippen molar-refractivity contribution >= 4 is 50.1 Å². The SMILES string of the molecule is Cc1ccc(-c2nn(-c3ccccc3)cc2/C=C2\SC(=S)N([C@@H]3CCS(=O)(=O)C3)C2=O)cc1. The third kappa shape index (κ3) is 4.40. The molecule has 3 heterocycles. The number of aromatic nitrogens is 2. The fraction of sp³-hybridized carbons (Fsp3) is 0.208. The molecule has 1 aromatic heterocycles. The number of hydrogen-bond donors (Lipinski definition) is 0. The number of carbonyl (C=O) groups is 1. The Bertz CT molecular complexity index is 1380. The van der Waals surface area contributed by atoms with Gasteiger partial charge in [0.1, 0.15) is 4.32 Å². The number of para-hydroxylation sites is 1. The van der Waals surface area contributed by atoms with Crippen LogP contribution in [-0.2, 0) is 14.6 Å². The molecule has 9 heteroatoms. The highest BCUT2D eigenvalue weighted by Crippen LogP contribution is 2.37. The number of amides is 1. The standard InChI is InChI=1S/C24H21N3O3S3/c1-16-7-9-17(10-8-16)22-18(14-26(25-22)19-5-3-2-4-6-19)13-21-23(28)27(24(31)32-21)20-11-12-33(29,30)15-20/h2-10,13-14,20H,11-12,15H2,1H3/b21-13-/t20-/m1/s1. The molecule has 0 unspecified atom stereocenters. The summed E-state index contributed by atoms with van der Waals surface area (Å²) in [6.45, 7) is 2.03. The minimum absolute atomic E-state index is 0.0344. The highest BCUT2D eigenvalue weighted by atomic mass is 32.2. The Morgan fingerprint density at radius 3 is 2.52 bits per heavy atom. The van der Waals surface area contributed by atoms with Crippen LogP contribution in [0.1, 0.15) is 17.5 Å².